The molecule has 0 unspecified atom stereocenters. The molecule has 0 saturated carbocycles. The summed E-state index contributed by atoms with van der Waals surface area (Å²) >= 11 is 0. The second kappa shape index (κ2) is 6.63. The molecule has 0 saturated heterocycles. The Bertz CT molecular complexity index is 1090. The van der Waals surface area contributed by atoms with E-state index in [-0.39, 0.29) is 5.91 Å². The Kier molecular flexibility index (Phi) is 4.16. The highest BCUT2D eigenvalue weighted by Gasteiger charge is 2.09. The molecule has 1 amide bonds. The molecule has 26 heavy (non-hydrogen) atoms. The summed E-state index contributed by atoms with van der Waals surface area (Å²) in [6.07, 6.45) is 5.86. The molecule has 0 radical (unpaired) electrons. The molecule has 0 spiro atoms. The maximum absolute atomic E-state index is 12.3. The summed E-state index contributed by atoms with van der Waals surface area (Å²) in [6.45, 7) is 1.94. The van der Waals surface area contributed by atoms with Crippen molar-refractivity contribution in [2.24, 2.45) is 7.05 Å². The summed E-state index contributed by atoms with van der Waals surface area (Å²) in [6, 6.07) is 10.2. The molecule has 0 fully saturated rings. The van der Waals surface area contributed by atoms with Crippen molar-refractivity contribution in [3.63, 3.8) is 0 Å². The molecule has 3 heterocycles. The van der Waals surface area contributed by atoms with Gasteiger partial charge in [-0.25, -0.2) is 4.98 Å². The van der Waals surface area contributed by atoms with Gasteiger partial charge in [0.2, 0.25) is 5.91 Å². The Morgan fingerprint density at radius 1 is 1.27 bits per heavy atom. The average molecular weight is 347 g/mol. The van der Waals surface area contributed by atoms with Crippen molar-refractivity contribution >= 4 is 33.5 Å². The van der Waals surface area contributed by atoms with Crippen LogP contribution < -0.4 is 5.32 Å². The summed E-state index contributed by atoms with van der Waals surface area (Å²) in [5.41, 5.74) is 4.83. The number of benzene rings is 1. The second-order valence-electron chi connectivity index (χ2n) is 6.57. The zero-order valence-electron chi connectivity index (χ0n) is 14.9. The van der Waals surface area contributed by atoms with Gasteiger partial charge in [-0.15, -0.1) is 0 Å². The molecule has 0 aliphatic heterocycles. The SMILES string of the molecule is Cc1nn(C)c2ncc(NC(=O)CCCc3c[nH]c4ccccc34)cc12. The highest BCUT2D eigenvalue weighted by Crippen LogP contribution is 2.21. The molecule has 6 heteroatoms. The smallest absolute Gasteiger partial charge is 0.224 e. The highest BCUT2D eigenvalue weighted by atomic mass is 16.1. The van der Waals surface area contributed by atoms with Crippen LogP contribution in [0.2, 0.25) is 0 Å². The first-order valence-electron chi connectivity index (χ1n) is 8.76. The summed E-state index contributed by atoms with van der Waals surface area (Å²) in [4.78, 5) is 19.9. The van der Waals surface area contributed by atoms with E-state index in [1.165, 1.54) is 10.9 Å². The van der Waals surface area contributed by atoms with Crippen LogP contribution in [0.5, 0.6) is 0 Å². The van der Waals surface area contributed by atoms with Crippen LogP contribution in [-0.4, -0.2) is 25.7 Å². The average Bonchev–Trinajstić information content (AvgIpc) is 3.16. The van der Waals surface area contributed by atoms with Gasteiger partial charge in [0.05, 0.1) is 17.6 Å². The van der Waals surface area contributed by atoms with E-state index in [9.17, 15) is 4.79 Å². The van der Waals surface area contributed by atoms with Crippen molar-refractivity contribution < 1.29 is 4.79 Å². The molecule has 1 aromatic carbocycles. The number of H-pyrrole nitrogens is 1. The minimum Gasteiger partial charge on any atom is -0.361 e. The quantitative estimate of drug-likeness (QED) is 0.578. The number of nitrogens with zero attached hydrogens (tertiary/aromatic N) is 3. The van der Waals surface area contributed by atoms with E-state index < -0.39 is 0 Å². The van der Waals surface area contributed by atoms with Gasteiger partial charge in [0.1, 0.15) is 0 Å². The van der Waals surface area contributed by atoms with Gasteiger partial charge in [-0.05, 0) is 37.5 Å². The molecule has 2 N–H and O–H groups in total. The number of aryl methyl sites for hydroxylation is 3. The van der Waals surface area contributed by atoms with Crippen LogP contribution in [0.3, 0.4) is 0 Å². The molecule has 0 aliphatic carbocycles. The Labute approximate surface area is 151 Å². The molecular formula is C20H21N5O. The van der Waals surface area contributed by atoms with Crippen LogP contribution in [-0.2, 0) is 18.3 Å². The van der Waals surface area contributed by atoms with Gasteiger partial charge in [-0.1, -0.05) is 18.2 Å². The lowest BCUT2D eigenvalue weighted by atomic mass is 10.1. The van der Waals surface area contributed by atoms with E-state index in [0.29, 0.717) is 12.1 Å². The number of aromatic amines is 1. The Morgan fingerprint density at radius 2 is 2.12 bits per heavy atom. The fourth-order valence-electron chi connectivity index (χ4n) is 3.38. The van der Waals surface area contributed by atoms with Gasteiger partial charge in [0.25, 0.3) is 0 Å². The lowest BCUT2D eigenvalue weighted by molar-refractivity contribution is -0.116. The molecule has 4 aromatic rings. The number of para-hydroxylation sites is 1. The predicted octanol–water partition coefficient (Wildman–Crippen LogP) is 3.72. The number of carbonyl (C=O) groups excluding carboxylic acids is 1. The maximum Gasteiger partial charge on any atom is 0.224 e. The number of fused-ring (bicyclic) bond motifs is 2. The molecule has 0 atom stereocenters. The molecule has 6 nitrogen and oxygen atoms in total. The van der Waals surface area contributed by atoms with Crippen molar-refractivity contribution in [3.05, 3.63) is 54.0 Å². The molecule has 4 rings (SSSR count). The van der Waals surface area contributed by atoms with Crippen LogP contribution in [0.15, 0.2) is 42.7 Å². The standard InChI is InChI=1S/C20H21N5O/c1-13-17-10-15(12-22-20(17)25(2)24-13)23-19(26)9-5-6-14-11-21-18-8-4-3-7-16(14)18/h3-4,7-8,10-12,21H,5-6,9H2,1-2H3,(H,23,26). The Hall–Kier alpha value is -3.15. The predicted molar refractivity (Wildman–Crippen MR) is 103 cm³/mol. The lowest BCUT2D eigenvalue weighted by Gasteiger charge is -2.05. The van der Waals surface area contributed by atoms with E-state index in [4.69, 9.17) is 0 Å². The van der Waals surface area contributed by atoms with E-state index in [0.717, 1.165) is 35.1 Å². The minimum atomic E-state index is 0.00698. The van der Waals surface area contributed by atoms with Crippen LogP contribution >= 0.6 is 0 Å². The van der Waals surface area contributed by atoms with Gasteiger partial charge >= 0.3 is 0 Å². The van der Waals surface area contributed by atoms with Gasteiger partial charge in [0, 0.05) is 36.0 Å². The third-order valence-corrected chi connectivity index (χ3v) is 4.67. The third kappa shape index (κ3) is 3.06. The van der Waals surface area contributed by atoms with Gasteiger partial charge < -0.3 is 10.3 Å². The number of rotatable bonds is 5. The first kappa shape index (κ1) is 16.3. The van der Waals surface area contributed by atoms with Crippen molar-refractivity contribution in [2.75, 3.05) is 5.32 Å². The van der Waals surface area contributed by atoms with Gasteiger partial charge in [-0.2, -0.15) is 5.10 Å². The molecular weight excluding hydrogens is 326 g/mol. The summed E-state index contributed by atoms with van der Waals surface area (Å²) < 4.78 is 1.75. The van der Waals surface area contributed by atoms with Gasteiger partial charge in [0.15, 0.2) is 5.65 Å². The van der Waals surface area contributed by atoms with Crippen LogP contribution in [0.4, 0.5) is 5.69 Å². The number of nitrogens with one attached hydrogen (secondary N) is 2. The van der Waals surface area contributed by atoms with Crippen LogP contribution in [0.25, 0.3) is 21.9 Å². The fraction of sp³-hybridized carbons (Fsp3) is 0.250. The number of amides is 1. The fourth-order valence-corrected chi connectivity index (χ4v) is 3.38. The number of carbonyl (C=O) groups is 1. The molecule has 0 bridgehead atoms. The van der Waals surface area contributed by atoms with Crippen LogP contribution in [0, 0.1) is 6.92 Å². The zero-order chi connectivity index (χ0) is 18.1. The van der Waals surface area contributed by atoms with E-state index in [2.05, 4.69) is 32.5 Å². The number of hydrogen-bond acceptors (Lipinski definition) is 3. The molecule has 132 valence electrons. The maximum atomic E-state index is 12.3. The van der Waals surface area contributed by atoms with E-state index in [1.807, 2.05) is 38.4 Å². The van der Waals surface area contributed by atoms with Crippen molar-refractivity contribution in [3.8, 4) is 0 Å². The monoisotopic (exact) mass is 347 g/mol. The lowest BCUT2D eigenvalue weighted by Crippen LogP contribution is -2.11. The first-order chi connectivity index (χ1) is 12.6. The van der Waals surface area contributed by atoms with Crippen molar-refractivity contribution in [2.45, 2.75) is 26.2 Å². The third-order valence-electron chi connectivity index (χ3n) is 4.67. The second-order valence-corrected chi connectivity index (χ2v) is 6.57. The normalized spacial score (nSPS) is 11.3. The highest BCUT2D eigenvalue weighted by molar-refractivity contribution is 5.93. The van der Waals surface area contributed by atoms with E-state index >= 15 is 0 Å². The largest absolute Gasteiger partial charge is 0.361 e. The summed E-state index contributed by atoms with van der Waals surface area (Å²) in [7, 11) is 1.87. The zero-order valence-corrected chi connectivity index (χ0v) is 14.9. The topological polar surface area (TPSA) is 75.6 Å². The number of anilines is 1. The minimum absolute atomic E-state index is 0.00698. The summed E-state index contributed by atoms with van der Waals surface area (Å²) in [5.74, 6) is 0.00698. The Morgan fingerprint density at radius 3 is 3.00 bits per heavy atom. The molecule has 0 aliphatic rings. The first-order valence-corrected chi connectivity index (χ1v) is 8.76. The molecule has 3 aromatic heterocycles. The Balaban J connectivity index is 1.37. The number of aromatic nitrogens is 4. The number of pyridine rings is 1. The summed E-state index contributed by atoms with van der Waals surface area (Å²) in [5, 5.41) is 9.49. The van der Waals surface area contributed by atoms with Crippen molar-refractivity contribution in [1.82, 2.24) is 19.7 Å². The van der Waals surface area contributed by atoms with Crippen molar-refractivity contribution in [1.29, 1.82) is 0 Å². The number of hydrogen-bond donors (Lipinski definition) is 2. The van der Waals surface area contributed by atoms with Gasteiger partial charge in [-0.3, -0.25) is 9.48 Å². The van der Waals surface area contributed by atoms with Crippen LogP contribution in [0.1, 0.15) is 24.1 Å². The van der Waals surface area contributed by atoms with E-state index in [1.54, 1.807) is 10.9 Å².